The van der Waals surface area contributed by atoms with Crippen molar-refractivity contribution in [2.45, 2.75) is 24.6 Å². The van der Waals surface area contributed by atoms with Crippen molar-refractivity contribution >= 4 is 25.3 Å². The molecule has 13 heteroatoms. The SMILES string of the molecule is COP(=O)(C=CC1OC(n2ccc(NC(=O)c3ccccc3)nc2=O)C(F)C1OC(=O)c1ccccc1)OC. The molecule has 11 nitrogen and oxygen atoms in total. The number of esters is 1. The van der Waals surface area contributed by atoms with E-state index in [9.17, 15) is 18.9 Å². The van der Waals surface area contributed by atoms with Crippen molar-refractivity contribution in [3.05, 3.63) is 106 Å². The summed E-state index contributed by atoms with van der Waals surface area (Å²) in [6.07, 6.45) is -3.98. The lowest BCUT2D eigenvalue weighted by molar-refractivity contribution is -0.0102. The zero-order chi connectivity index (χ0) is 28.0. The smallest absolute Gasteiger partial charge is 0.353 e. The molecule has 1 aromatic heterocycles. The van der Waals surface area contributed by atoms with Crippen molar-refractivity contribution in [2.75, 3.05) is 19.5 Å². The second-order valence-corrected chi connectivity index (χ2v) is 10.3. The molecule has 0 saturated carbocycles. The van der Waals surface area contributed by atoms with E-state index < -0.39 is 49.8 Å². The van der Waals surface area contributed by atoms with Crippen LogP contribution in [0.4, 0.5) is 10.2 Å². The van der Waals surface area contributed by atoms with Crippen LogP contribution < -0.4 is 11.0 Å². The van der Waals surface area contributed by atoms with Gasteiger partial charge >= 0.3 is 19.3 Å². The summed E-state index contributed by atoms with van der Waals surface area (Å²) in [5.74, 6) is -0.306. The lowest BCUT2D eigenvalue weighted by Gasteiger charge is -2.18. The maximum atomic E-state index is 15.7. The first-order chi connectivity index (χ1) is 18.7. The number of aromatic nitrogens is 2. The van der Waals surface area contributed by atoms with E-state index in [0.717, 1.165) is 10.4 Å². The molecule has 4 unspecified atom stereocenters. The van der Waals surface area contributed by atoms with Crippen LogP contribution >= 0.6 is 7.60 Å². The van der Waals surface area contributed by atoms with E-state index in [1.807, 2.05) is 0 Å². The third kappa shape index (κ3) is 6.55. The molecule has 1 saturated heterocycles. The number of alkyl halides is 1. The van der Waals surface area contributed by atoms with E-state index in [4.69, 9.17) is 18.5 Å². The van der Waals surface area contributed by atoms with E-state index in [1.165, 1.54) is 44.7 Å². The molecule has 1 N–H and O–H groups in total. The van der Waals surface area contributed by atoms with Gasteiger partial charge in [0.25, 0.3) is 5.91 Å². The summed E-state index contributed by atoms with van der Waals surface area (Å²) in [6.45, 7) is 0. The second-order valence-electron chi connectivity index (χ2n) is 8.24. The molecule has 2 heterocycles. The summed E-state index contributed by atoms with van der Waals surface area (Å²) in [5, 5.41) is 2.50. The van der Waals surface area contributed by atoms with Crippen LogP contribution in [-0.4, -0.2) is 54.0 Å². The average molecular weight is 557 g/mol. The van der Waals surface area contributed by atoms with Crippen LogP contribution in [-0.2, 0) is 23.1 Å². The van der Waals surface area contributed by atoms with Gasteiger partial charge in [-0.25, -0.2) is 14.0 Å². The molecule has 0 bridgehead atoms. The number of halogens is 1. The Labute approximate surface area is 222 Å². The first-order valence-electron chi connectivity index (χ1n) is 11.7. The molecule has 0 aliphatic carbocycles. The van der Waals surface area contributed by atoms with Crippen molar-refractivity contribution in [3.8, 4) is 0 Å². The zero-order valence-corrected chi connectivity index (χ0v) is 21.8. The first-order valence-corrected chi connectivity index (χ1v) is 13.3. The number of anilines is 1. The van der Waals surface area contributed by atoms with E-state index >= 15 is 4.39 Å². The second kappa shape index (κ2) is 12.3. The Balaban J connectivity index is 1.59. The Hall–Kier alpha value is -3.96. The molecule has 4 atom stereocenters. The Kier molecular flexibility index (Phi) is 8.82. The number of hydrogen-bond donors (Lipinski definition) is 1. The van der Waals surface area contributed by atoms with Gasteiger partial charge in [-0.15, -0.1) is 0 Å². The van der Waals surface area contributed by atoms with Crippen LogP contribution in [0, 0.1) is 0 Å². The summed E-state index contributed by atoms with van der Waals surface area (Å²) >= 11 is 0. The lowest BCUT2D eigenvalue weighted by Crippen LogP contribution is -2.35. The van der Waals surface area contributed by atoms with Gasteiger partial charge in [0.1, 0.15) is 11.9 Å². The molecule has 3 aromatic rings. The van der Waals surface area contributed by atoms with E-state index in [0.29, 0.717) is 5.56 Å². The summed E-state index contributed by atoms with van der Waals surface area (Å²) in [4.78, 5) is 41.7. The minimum Gasteiger partial charge on any atom is -0.452 e. The predicted molar refractivity (Wildman–Crippen MR) is 138 cm³/mol. The fraction of sp³-hybridized carbons (Fsp3) is 0.231. The van der Waals surface area contributed by atoms with Gasteiger partial charge < -0.3 is 23.8 Å². The molecule has 1 aliphatic heterocycles. The topological polar surface area (TPSA) is 135 Å². The average Bonchev–Trinajstić information content (AvgIpc) is 3.27. The molecule has 1 fully saturated rings. The maximum absolute atomic E-state index is 15.7. The van der Waals surface area contributed by atoms with Gasteiger partial charge in [-0.05, 0) is 36.4 Å². The molecular formula is C26H25FN3O8P. The normalized spacial score (nSPS) is 21.1. The highest BCUT2D eigenvalue weighted by atomic mass is 31.2. The summed E-state index contributed by atoms with van der Waals surface area (Å²) in [7, 11) is -1.33. The number of ether oxygens (including phenoxy) is 2. The Morgan fingerprint density at radius 1 is 1.03 bits per heavy atom. The first kappa shape index (κ1) is 28.1. The molecule has 0 radical (unpaired) electrons. The highest BCUT2D eigenvalue weighted by Gasteiger charge is 2.48. The Morgan fingerprint density at radius 2 is 1.64 bits per heavy atom. The number of benzene rings is 2. The molecule has 4 rings (SSSR count). The van der Waals surface area contributed by atoms with Crippen molar-refractivity contribution in [3.63, 3.8) is 0 Å². The van der Waals surface area contributed by atoms with Crippen LogP contribution in [0.1, 0.15) is 26.9 Å². The van der Waals surface area contributed by atoms with Gasteiger partial charge in [-0.1, -0.05) is 36.4 Å². The van der Waals surface area contributed by atoms with Crippen molar-refractivity contribution in [1.29, 1.82) is 0 Å². The third-order valence-corrected chi connectivity index (χ3v) is 7.36. The minimum atomic E-state index is -3.66. The molecule has 1 amide bonds. The fourth-order valence-corrected chi connectivity index (χ4v) is 4.54. The van der Waals surface area contributed by atoms with Crippen molar-refractivity contribution in [2.24, 2.45) is 0 Å². The maximum Gasteiger partial charge on any atom is 0.353 e. The largest absolute Gasteiger partial charge is 0.452 e. The molecular weight excluding hydrogens is 532 g/mol. The minimum absolute atomic E-state index is 0.0527. The van der Waals surface area contributed by atoms with Crippen molar-refractivity contribution in [1.82, 2.24) is 9.55 Å². The number of nitrogens with one attached hydrogen (secondary N) is 1. The van der Waals surface area contributed by atoms with Crippen LogP contribution in [0.15, 0.2) is 89.6 Å². The number of hydrogen-bond acceptors (Lipinski definition) is 9. The predicted octanol–water partition coefficient (Wildman–Crippen LogP) is 3.96. The number of carbonyl (C=O) groups excluding carboxylic acids is 2. The van der Waals surface area contributed by atoms with Gasteiger partial charge in [0.2, 0.25) is 0 Å². The zero-order valence-electron chi connectivity index (χ0n) is 20.9. The van der Waals surface area contributed by atoms with E-state index in [2.05, 4.69) is 10.3 Å². The molecule has 2 aromatic carbocycles. The molecule has 39 heavy (non-hydrogen) atoms. The van der Waals surface area contributed by atoms with Gasteiger partial charge in [0.15, 0.2) is 18.5 Å². The fourth-order valence-electron chi connectivity index (χ4n) is 3.77. The number of nitrogens with zero attached hydrogens (tertiary/aromatic N) is 2. The monoisotopic (exact) mass is 557 g/mol. The van der Waals surface area contributed by atoms with Crippen LogP contribution in [0.5, 0.6) is 0 Å². The number of rotatable bonds is 9. The van der Waals surface area contributed by atoms with Crippen LogP contribution in [0.25, 0.3) is 0 Å². The molecule has 0 spiro atoms. The highest BCUT2D eigenvalue weighted by Crippen LogP contribution is 2.48. The summed E-state index contributed by atoms with van der Waals surface area (Å²) < 4.78 is 49.9. The van der Waals surface area contributed by atoms with Gasteiger partial charge in [-0.3, -0.25) is 13.9 Å². The molecule has 1 aliphatic rings. The lowest BCUT2D eigenvalue weighted by atomic mass is 10.1. The van der Waals surface area contributed by atoms with Gasteiger partial charge in [0, 0.05) is 31.8 Å². The summed E-state index contributed by atoms with van der Waals surface area (Å²) in [5.41, 5.74) is -0.396. The van der Waals surface area contributed by atoms with Crippen LogP contribution in [0.3, 0.4) is 0 Å². The standard InChI is InChI=1S/C26H25FN3O8P/c1-35-39(34,36-2)16-14-19-22(38-25(32)18-11-7-4-8-12-18)21(27)24(37-19)30-15-13-20(29-26(30)33)28-23(31)17-9-5-3-6-10-17/h3-16,19,21-22,24H,1-2H3,(H,28,29,31,33). The molecule has 204 valence electrons. The Bertz CT molecular complexity index is 1440. The quantitative estimate of drug-likeness (QED) is 0.306. The third-order valence-electron chi connectivity index (χ3n) is 5.81. The number of carbonyl (C=O) groups is 2. The van der Waals surface area contributed by atoms with E-state index in [-0.39, 0.29) is 11.4 Å². The van der Waals surface area contributed by atoms with Gasteiger partial charge in [-0.2, -0.15) is 4.98 Å². The Morgan fingerprint density at radius 3 is 2.23 bits per heavy atom. The summed E-state index contributed by atoms with van der Waals surface area (Å²) in [6, 6.07) is 17.5. The van der Waals surface area contributed by atoms with E-state index in [1.54, 1.807) is 48.5 Å². The highest BCUT2D eigenvalue weighted by molar-refractivity contribution is 7.57. The van der Waals surface area contributed by atoms with Crippen molar-refractivity contribution < 1.29 is 37.1 Å². The number of amides is 1. The van der Waals surface area contributed by atoms with Gasteiger partial charge in [0.05, 0.1) is 5.56 Å². The van der Waals surface area contributed by atoms with Crippen LogP contribution in [0.2, 0.25) is 0 Å².